The van der Waals surface area contributed by atoms with Gasteiger partial charge < -0.3 is 9.88 Å². The molecule has 0 aliphatic heterocycles. The molecule has 0 saturated carbocycles. The molecule has 0 aliphatic rings. The predicted octanol–water partition coefficient (Wildman–Crippen LogP) is 4.25. The standard InChI is InChI=1S/C17H20N2S/c1-2-8-18-10-15-12-19(11-14-7-9-20-13-14)17-6-4-3-5-16(15)17/h3-7,9,12-13,18H,2,8,10-11H2,1H3. The Hall–Kier alpha value is -1.58. The molecule has 0 unspecified atom stereocenters. The third-order valence-electron chi connectivity index (χ3n) is 3.55. The molecule has 0 radical (unpaired) electrons. The fourth-order valence-electron chi connectivity index (χ4n) is 2.57. The van der Waals surface area contributed by atoms with Gasteiger partial charge in [-0.25, -0.2) is 0 Å². The van der Waals surface area contributed by atoms with Crippen LogP contribution >= 0.6 is 11.3 Å². The molecular formula is C17H20N2S. The Balaban J connectivity index is 1.91. The van der Waals surface area contributed by atoms with Gasteiger partial charge in [0.05, 0.1) is 0 Å². The smallest absolute Gasteiger partial charge is 0.0486 e. The topological polar surface area (TPSA) is 17.0 Å². The molecule has 2 heterocycles. The molecule has 1 N–H and O–H groups in total. The third-order valence-corrected chi connectivity index (χ3v) is 4.28. The van der Waals surface area contributed by atoms with Gasteiger partial charge in [-0.15, -0.1) is 0 Å². The van der Waals surface area contributed by atoms with Crippen molar-refractivity contribution in [3.05, 3.63) is 58.4 Å². The van der Waals surface area contributed by atoms with E-state index in [9.17, 15) is 0 Å². The predicted molar refractivity (Wildman–Crippen MR) is 87.4 cm³/mol. The average molecular weight is 284 g/mol. The number of nitrogens with one attached hydrogen (secondary N) is 1. The summed E-state index contributed by atoms with van der Waals surface area (Å²) in [6.07, 6.45) is 3.47. The summed E-state index contributed by atoms with van der Waals surface area (Å²) in [4.78, 5) is 0. The minimum absolute atomic E-state index is 0.949. The van der Waals surface area contributed by atoms with Crippen molar-refractivity contribution in [2.24, 2.45) is 0 Å². The summed E-state index contributed by atoms with van der Waals surface area (Å²) in [7, 11) is 0. The van der Waals surface area contributed by atoms with Crippen molar-refractivity contribution in [1.29, 1.82) is 0 Å². The highest BCUT2D eigenvalue weighted by molar-refractivity contribution is 7.07. The first-order valence-electron chi connectivity index (χ1n) is 7.17. The summed E-state index contributed by atoms with van der Waals surface area (Å²) < 4.78 is 2.36. The molecule has 20 heavy (non-hydrogen) atoms. The van der Waals surface area contributed by atoms with E-state index in [1.165, 1.54) is 28.5 Å². The first kappa shape index (κ1) is 13.4. The molecule has 2 nitrogen and oxygen atoms in total. The summed E-state index contributed by atoms with van der Waals surface area (Å²) in [5.74, 6) is 0. The van der Waals surface area contributed by atoms with Gasteiger partial charge in [0.1, 0.15) is 0 Å². The summed E-state index contributed by atoms with van der Waals surface area (Å²) in [6, 6.07) is 10.9. The average Bonchev–Trinajstić information content (AvgIpc) is 3.09. The maximum absolute atomic E-state index is 3.50. The second-order valence-electron chi connectivity index (χ2n) is 5.11. The van der Waals surface area contributed by atoms with E-state index in [0.717, 1.165) is 19.6 Å². The number of fused-ring (bicyclic) bond motifs is 1. The second kappa shape index (κ2) is 6.25. The Morgan fingerprint density at radius 1 is 1.20 bits per heavy atom. The summed E-state index contributed by atoms with van der Waals surface area (Å²) in [6.45, 7) is 5.18. The Morgan fingerprint density at radius 3 is 2.90 bits per heavy atom. The van der Waals surface area contributed by atoms with Crippen LogP contribution in [-0.4, -0.2) is 11.1 Å². The van der Waals surface area contributed by atoms with Crippen LogP contribution in [0.4, 0.5) is 0 Å². The molecular weight excluding hydrogens is 264 g/mol. The van der Waals surface area contributed by atoms with Gasteiger partial charge in [-0.1, -0.05) is 25.1 Å². The molecule has 104 valence electrons. The van der Waals surface area contributed by atoms with Gasteiger partial charge in [-0.2, -0.15) is 11.3 Å². The van der Waals surface area contributed by atoms with E-state index in [-0.39, 0.29) is 0 Å². The lowest BCUT2D eigenvalue weighted by Crippen LogP contribution is -2.13. The fourth-order valence-corrected chi connectivity index (χ4v) is 3.23. The van der Waals surface area contributed by atoms with Gasteiger partial charge in [0.2, 0.25) is 0 Å². The van der Waals surface area contributed by atoms with Crippen molar-refractivity contribution < 1.29 is 0 Å². The van der Waals surface area contributed by atoms with Crippen LogP contribution in [-0.2, 0) is 13.1 Å². The van der Waals surface area contributed by atoms with Crippen LogP contribution in [0.5, 0.6) is 0 Å². The highest BCUT2D eigenvalue weighted by Crippen LogP contribution is 2.22. The van der Waals surface area contributed by atoms with Crippen LogP contribution in [0.15, 0.2) is 47.3 Å². The molecule has 0 spiro atoms. The third kappa shape index (κ3) is 2.79. The van der Waals surface area contributed by atoms with Gasteiger partial charge in [0.15, 0.2) is 0 Å². The van der Waals surface area contributed by atoms with Crippen LogP contribution in [0, 0.1) is 0 Å². The summed E-state index contributed by atoms with van der Waals surface area (Å²) in [5.41, 5.74) is 4.10. The van der Waals surface area contributed by atoms with E-state index in [4.69, 9.17) is 0 Å². The van der Waals surface area contributed by atoms with Crippen molar-refractivity contribution in [1.82, 2.24) is 9.88 Å². The van der Waals surface area contributed by atoms with Crippen LogP contribution in [0.2, 0.25) is 0 Å². The van der Waals surface area contributed by atoms with Crippen molar-refractivity contribution in [3.8, 4) is 0 Å². The molecule has 0 fully saturated rings. The SMILES string of the molecule is CCCNCc1cn(Cc2ccsc2)c2ccccc12. The Kier molecular flexibility index (Phi) is 4.19. The van der Waals surface area contributed by atoms with Crippen molar-refractivity contribution in [2.45, 2.75) is 26.4 Å². The number of hydrogen-bond acceptors (Lipinski definition) is 2. The molecule has 1 aromatic carbocycles. The largest absolute Gasteiger partial charge is 0.343 e. The number of rotatable bonds is 6. The number of nitrogens with zero attached hydrogens (tertiary/aromatic N) is 1. The van der Waals surface area contributed by atoms with Crippen molar-refractivity contribution in [3.63, 3.8) is 0 Å². The van der Waals surface area contributed by atoms with E-state index in [1.54, 1.807) is 11.3 Å². The highest BCUT2D eigenvalue weighted by atomic mass is 32.1. The van der Waals surface area contributed by atoms with Crippen LogP contribution < -0.4 is 5.32 Å². The maximum atomic E-state index is 3.50. The lowest BCUT2D eigenvalue weighted by Gasteiger charge is -2.02. The minimum atomic E-state index is 0.949. The van der Waals surface area contributed by atoms with E-state index in [0.29, 0.717) is 0 Å². The van der Waals surface area contributed by atoms with E-state index in [1.807, 2.05) is 0 Å². The fraction of sp³-hybridized carbons (Fsp3) is 0.294. The maximum Gasteiger partial charge on any atom is 0.0486 e. The molecule has 0 amide bonds. The first-order valence-corrected chi connectivity index (χ1v) is 8.11. The molecule has 2 aromatic heterocycles. The van der Waals surface area contributed by atoms with E-state index < -0.39 is 0 Å². The quantitative estimate of drug-likeness (QED) is 0.670. The summed E-state index contributed by atoms with van der Waals surface area (Å²) in [5, 5.41) is 9.24. The Bertz CT molecular complexity index is 667. The molecule has 3 heteroatoms. The van der Waals surface area contributed by atoms with Gasteiger partial charge >= 0.3 is 0 Å². The van der Waals surface area contributed by atoms with Crippen LogP contribution in [0.25, 0.3) is 10.9 Å². The number of hydrogen-bond donors (Lipinski definition) is 1. The van der Waals surface area contributed by atoms with Gasteiger partial charge in [-0.3, -0.25) is 0 Å². The first-order chi connectivity index (χ1) is 9.88. The Labute approximate surface area is 124 Å². The number of thiophene rings is 1. The molecule has 0 aliphatic carbocycles. The van der Waals surface area contributed by atoms with E-state index >= 15 is 0 Å². The van der Waals surface area contributed by atoms with Gasteiger partial charge in [0, 0.05) is 30.2 Å². The molecule has 0 bridgehead atoms. The lowest BCUT2D eigenvalue weighted by molar-refractivity contribution is 0.675. The zero-order valence-electron chi connectivity index (χ0n) is 11.8. The van der Waals surface area contributed by atoms with E-state index in [2.05, 4.69) is 64.1 Å². The number of benzene rings is 1. The normalized spacial score (nSPS) is 11.2. The number of aromatic nitrogens is 1. The molecule has 3 aromatic rings. The highest BCUT2D eigenvalue weighted by Gasteiger charge is 2.08. The summed E-state index contributed by atoms with van der Waals surface area (Å²) >= 11 is 1.76. The lowest BCUT2D eigenvalue weighted by atomic mass is 10.2. The molecule has 3 rings (SSSR count). The van der Waals surface area contributed by atoms with Crippen LogP contribution in [0.3, 0.4) is 0 Å². The van der Waals surface area contributed by atoms with Gasteiger partial charge in [-0.05, 0) is 47.0 Å². The monoisotopic (exact) mass is 284 g/mol. The zero-order chi connectivity index (χ0) is 13.8. The molecule has 0 atom stereocenters. The van der Waals surface area contributed by atoms with Crippen molar-refractivity contribution >= 4 is 22.2 Å². The molecule has 0 saturated heterocycles. The second-order valence-corrected chi connectivity index (χ2v) is 5.89. The van der Waals surface area contributed by atoms with Gasteiger partial charge in [0.25, 0.3) is 0 Å². The number of para-hydroxylation sites is 1. The van der Waals surface area contributed by atoms with Crippen LogP contribution in [0.1, 0.15) is 24.5 Å². The Morgan fingerprint density at radius 2 is 2.10 bits per heavy atom. The zero-order valence-corrected chi connectivity index (χ0v) is 12.6. The van der Waals surface area contributed by atoms with Crippen molar-refractivity contribution in [2.75, 3.05) is 6.54 Å². The minimum Gasteiger partial charge on any atom is -0.343 e.